The molecule has 1 aromatic carbocycles. The maximum absolute atomic E-state index is 13.5. The van der Waals surface area contributed by atoms with E-state index in [0.29, 0.717) is 16.1 Å². The number of aryl methyl sites for hydroxylation is 1. The Morgan fingerprint density at radius 2 is 2.29 bits per heavy atom. The quantitative estimate of drug-likeness (QED) is 0.787. The van der Waals surface area contributed by atoms with Gasteiger partial charge in [-0.15, -0.1) is 0 Å². The van der Waals surface area contributed by atoms with Crippen molar-refractivity contribution in [2.24, 2.45) is 7.05 Å². The summed E-state index contributed by atoms with van der Waals surface area (Å²) < 4.78 is 15.0. The van der Waals surface area contributed by atoms with Crippen LogP contribution in [0.4, 0.5) is 4.39 Å². The first-order valence-corrected chi connectivity index (χ1v) is 5.40. The van der Waals surface area contributed by atoms with Gasteiger partial charge < -0.3 is 0 Å². The number of ketones is 1. The molecule has 1 aromatic heterocycles. The van der Waals surface area contributed by atoms with Crippen LogP contribution < -0.4 is 0 Å². The topological polar surface area (TPSA) is 34.9 Å². The number of nitrogens with zero attached hydrogens (tertiary/aromatic N) is 2. The average molecular weight is 253 g/mol. The predicted octanol–water partition coefficient (Wildman–Crippen LogP) is 2.64. The summed E-state index contributed by atoms with van der Waals surface area (Å²) in [5, 5.41) is 4.22. The summed E-state index contributed by atoms with van der Waals surface area (Å²) in [4.78, 5) is 11.8. The average Bonchev–Trinajstić information content (AvgIpc) is 2.69. The van der Waals surface area contributed by atoms with Crippen molar-refractivity contribution >= 4 is 17.4 Å². The van der Waals surface area contributed by atoms with Crippen LogP contribution in [-0.4, -0.2) is 15.6 Å². The minimum absolute atomic E-state index is 0.00863. The number of benzene rings is 1. The zero-order chi connectivity index (χ0) is 12.4. The summed E-state index contributed by atoms with van der Waals surface area (Å²) >= 11 is 5.64. The normalized spacial score (nSPS) is 10.5. The minimum atomic E-state index is -0.463. The third-order valence-electron chi connectivity index (χ3n) is 2.39. The fourth-order valence-corrected chi connectivity index (χ4v) is 1.66. The molecule has 0 aliphatic heterocycles. The monoisotopic (exact) mass is 252 g/mol. The molecule has 0 aliphatic rings. The van der Waals surface area contributed by atoms with Crippen LogP contribution in [0.1, 0.15) is 15.9 Å². The van der Waals surface area contributed by atoms with Gasteiger partial charge in [0.05, 0.1) is 11.8 Å². The van der Waals surface area contributed by atoms with Crippen LogP contribution in [0.3, 0.4) is 0 Å². The third-order valence-corrected chi connectivity index (χ3v) is 2.63. The Kier molecular flexibility index (Phi) is 3.24. The van der Waals surface area contributed by atoms with Gasteiger partial charge in [-0.3, -0.25) is 9.48 Å². The van der Waals surface area contributed by atoms with Gasteiger partial charge >= 0.3 is 0 Å². The Bertz CT molecular complexity index is 565. The number of aromatic nitrogens is 2. The highest BCUT2D eigenvalue weighted by Gasteiger charge is 2.12. The van der Waals surface area contributed by atoms with E-state index in [1.54, 1.807) is 19.3 Å². The predicted molar refractivity (Wildman–Crippen MR) is 62.7 cm³/mol. The molecule has 5 heteroatoms. The first-order chi connectivity index (χ1) is 8.06. The molecule has 3 nitrogen and oxygen atoms in total. The number of halogens is 2. The summed E-state index contributed by atoms with van der Waals surface area (Å²) in [6.07, 6.45) is 3.08. The van der Waals surface area contributed by atoms with E-state index in [9.17, 15) is 9.18 Å². The fourth-order valence-electron chi connectivity index (χ4n) is 1.51. The molecule has 0 saturated carbocycles. The van der Waals surface area contributed by atoms with Crippen LogP contribution >= 0.6 is 11.6 Å². The van der Waals surface area contributed by atoms with Crippen molar-refractivity contribution in [3.8, 4) is 0 Å². The molecule has 2 rings (SSSR count). The Morgan fingerprint density at radius 3 is 2.88 bits per heavy atom. The first kappa shape index (κ1) is 11.8. The molecule has 0 bridgehead atoms. The van der Waals surface area contributed by atoms with Crippen molar-refractivity contribution in [2.45, 2.75) is 6.42 Å². The van der Waals surface area contributed by atoms with Gasteiger partial charge in [0.25, 0.3) is 0 Å². The molecule has 0 unspecified atom stereocenters. The molecule has 88 valence electrons. The molecular weight excluding hydrogens is 243 g/mol. The number of hydrogen-bond donors (Lipinski definition) is 0. The summed E-state index contributed by atoms with van der Waals surface area (Å²) in [6, 6.07) is 4.29. The van der Waals surface area contributed by atoms with Crippen LogP contribution in [-0.2, 0) is 13.5 Å². The largest absolute Gasteiger partial charge is 0.294 e. The molecular formula is C12H10ClFN2O. The Hall–Kier alpha value is -1.68. The lowest BCUT2D eigenvalue weighted by atomic mass is 10.1. The molecule has 0 spiro atoms. The standard InChI is InChI=1S/C12H10ClFN2O/c1-16-7-9(6-15-16)12(17)4-8-2-3-10(13)5-11(8)14/h2-3,5-7H,4H2,1H3. The van der Waals surface area contributed by atoms with Crippen molar-refractivity contribution in [3.05, 3.63) is 52.6 Å². The number of Topliss-reactive ketones (excluding diaryl/α,β-unsaturated/α-hetero) is 1. The Balaban J connectivity index is 2.18. The zero-order valence-corrected chi connectivity index (χ0v) is 9.91. The van der Waals surface area contributed by atoms with E-state index in [0.717, 1.165) is 0 Å². The molecule has 0 atom stereocenters. The minimum Gasteiger partial charge on any atom is -0.294 e. The molecule has 17 heavy (non-hydrogen) atoms. The van der Waals surface area contributed by atoms with Gasteiger partial charge in [0.2, 0.25) is 0 Å². The van der Waals surface area contributed by atoms with Crippen LogP contribution in [0.2, 0.25) is 5.02 Å². The molecule has 0 N–H and O–H groups in total. The van der Waals surface area contributed by atoms with Crippen molar-refractivity contribution in [1.29, 1.82) is 0 Å². The number of hydrogen-bond acceptors (Lipinski definition) is 2. The number of carbonyl (C=O) groups is 1. The van der Waals surface area contributed by atoms with Crippen molar-refractivity contribution in [1.82, 2.24) is 9.78 Å². The van der Waals surface area contributed by atoms with Gasteiger partial charge in [0.15, 0.2) is 5.78 Å². The molecule has 1 heterocycles. The highest BCUT2D eigenvalue weighted by atomic mass is 35.5. The summed E-state index contributed by atoms with van der Waals surface area (Å²) in [5.41, 5.74) is 0.810. The third kappa shape index (κ3) is 2.71. The van der Waals surface area contributed by atoms with Gasteiger partial charge in [0.1, 0.15) is 5.82 Å². The lowest BCUT2D eigenvalue weighted by Crippen LogP contribution is -2.04. The lowest BCUT2D eigenvalue weighted by Gasteiger charge is -2.01. The Labute approximate surface area is 103 Å². The van der Waals surface area contributed by atoms with Crippen LogP contribution in [0, 0.1) is 5.82 Å². The molecule has 0 radical (unpaired) electrons. The van der Waals surface area contributed by atoms with Crippen LogP contribution in [0.5, 0.6) is 0 Å². The van der Waals surface area contributed by atoms with E-state index in [1.165, 1.54) is 23.0 Å². The summed E-state index contributed by atoms with van der Waals surface area (Å²) in [5.74, 6) is -0.630. The second-order valence-electron chi connectivity index (χ2n) is 3.74. The lowest BCUT2D eigenvalue weighted by molar-refractivity contribution is 0.0991. The van der Waals surface area contributed by atoms with Crippen LogP contribution in [0.15, 0.2) is 30.6 Å². The summed E-state index contributed by atoms with van der Waals surface area (Å²) in [7, 11) is 1.72. The SMILES string of the molecule is Cn1cc(C(=O)Cc2ccc(Cl)cc2F)cn1. The Morgan fingerprint density at radius 1 is 1.53 bits per heavy atom. The molecule has 0 saturated heterocycles. The van der Waals surface area contributed by atoms with Crippen molar-refractivity contribution in [2.75, 3.05) is 0 Å². The van der Waals surface area contributed by atoms with E-state index >= 15 is 0 Å². The molecule has 0 fully saturated rings. The van der Waals surface area contributed by atoms with Gasteiger partial charge in [-0.2, -0.15) is 5.10 Å². The number of carbonyl (C=O) groups excluding carboxylic acids is 1. The van der Waals surface area contributed by atoms with Crippen molar-refractivity contribution in [3.63, 3.8) is 0 Å². The van der Waals surface area contributed by atoms with Gasteiger partial charge in [-0.25, -0.2) is 4.39 Å². The number of rotatable bonds is 3. The van der Waals surface area contributed by atoms with Crippen LogP contribution in [0.25, 0.3) is 0 Å². The smallest absolute Gasteiger partial charge is 0.170 e. The second-order valence-corrected chi connectivity index (χ2v) is 4.17. The maximum Gasteiger partial charge on any atom is 0.170 e. The zero-order valence-electron chi connectivity index (χ0n) is 9.15. The molecule has 0 amide bonds. The van der Waals surface area contributed by atoms with E-state index in [2.05, 4.69) is 5.10 Å². The van der Waals surface area contributed by atoms with Crippen molar-refractivity contribution < 1.29 is 9.18 Å². The van der Waals surface area contributed by atoms with E-state index in [4.69, 9.17) is 11.6 Å². The molecule has 0 aliphatic carbocycles. The summed E-state index contributed by atoms with van der Waals surface area (Å²) in [6.45, 7) is 0. The second kappa shape index (κ2) is 4.67. The van der Waals surface area contributed by atoms with Gasteiger partial charge in [-0.05, 0) is 17.7 Å². The van der Waals surface area contributed by atoms with E-state index < -0.39 is 5.82 Å². The van der Waals surface area contributed by atoms with E-state index in [-0.39, 0.29) is 12.2 Å². The van der Waals surface area contributed by atoms with E-state index in [1.807, 2.05) is 0 Å². The molecule has 2 aromatic rings. The highest BCUT2D eigenvalue weighted by Crippen LogP contribution is 2.16. The van der Waals surface area contributed by atoms with Gasteiger partial charge in [-0.1, -0.05) is 17.7 Å². The first-order valence-electron chi connectivity index (χ1n) is 5.02. The van der Waals surface area contributed by atoms with Gasteiger partial charge in [0, 0.05) is 24.7 Å². The maximum atomic E-state index is 13.5. The fraction of sp³-hybridized carbons (Fsp3) is 0.167. The highest BCUT2D eigenvalue weighted by molar-refractivity contribution is 6.30.